The minimum atomic E-state index is -0.692. The van der Waals surface area contributed by atoms with E-state index < -0.39 is 23.3 Å². The molecule has 1 amide bonds. The molecule has 0 unspecified atom stereocenters. The van der Waals surface area contributed by atoms with Crippen LogP contribution in [-0.4, -0.2) is 30.0 Å². The summed E-state index contributed by atoms with van der Waals surface area (Å²) in [4.78, 5) is 35.9. The summed E-state index contributed by atoms with van der Waals surface area (Å²) in [6, 6.07) is 8.62. The number of carbonyl (C=O) groups is 2. The second-order valence-corrected chi connectivity index (χ2v) is 6.00. The van der Waals surface area contributed by atoms with Gasteiger partial charge >= 0.3 is 5.97 Å². The molecule has 2 aromatic carbocycles. The smallest absolute Gasteiger partial charge is 0.331 e. The monoisotopic (exact) mass is 376 g/mol. The molecular weight excluding hydrogens is 364 g/mol. The van der Waals surface area contributed by atoms with Gasteiger partial charge in [0.2, 0.25) is 0 Å². The molecule has 0 fully saturated rings. The van der Waals surface area contributed by atoms with E-state index in [1.807, 2.05) is 0 Å². The van der Waals surface area contributed by atoms with E-state index >= 15 is 0 Å². The minimum absolute atomic E-state index is 0.153. The van der Waals surface area contributed by atoms with E-state index in [2.05, 4.69) is 0 Å². The Morgan fingerprint density at radius 2 is 2.12 bits per heavy atom. The lowest BCUT2D eigenvalue weighted by molar-refractivity contribution is -0.384. The van der Waals surface area contributed by atoms with Gasteiger partial charge in [-0.05, 0) is 36.8 Å². The lowest BCUT2D eigenvalue weighted by Crippen LogP contribution is -2.43. The number of esters is 1. The van der Waals surface area contributed by atoms with E-state index in [1.54, 1.807) is 25.1 Å². The summed E-state index contributed by atoms with van der Waals surface area (Å²) in [6.07, 6.45) is 0. The molecule has 26 heavy (non-hydrogen) atoms. The number of nitro groups is 1. The minimum Gasteiger partial charge on any atom is -0.482 e. The third kappa shape index (κ3) is 3.60. The summed E-state index contributed by atoms with van der Waals surface area (Å²) in [5.41, 5.74) is 0.601. The Balaban J connectivity index is 1.83. The molecule has 0 N–H and O–H groups in total. The van der Waals surface area contributed by atoms with Gasteiger partial charge < -0.3 is 9.47 Å². The highest BCUT2D eigenvalue weighted by atomic mass is 35.5. The summed E-state index contributed by atoms with van der Waals surface area (Å²) >= 11 is 5.86. The van der Waals surface area contributed by atoms with Gasteiger partial charge in [-0.25, -0.2) is 4.79 Å². The lowest BCUT2D eigenvalue weighted by Gasteiger charge is -2.28. The maximum Gasteiger partial charge on any atom is 0.331 e. The second kappa shape index (κ2) is 7.01. The number of aryl methyl sites for hydroxylation is 1. The standard InChI is InChI=1S/C17H13ClN2O6/c1-10-6-11(18)2-4-14(10)26-17(22)8-19-13-7-12(20(23)24)3-5-15(13)25-9-16(19)21/h2-7H,8-9H2,1H3. The average Bonchev–Trinajstić information content (AvgIpc) is 2.59. The number of amides is 1. The van der Waals surface area contributed by atoms with E-state index in [-0.39, 0.29) is 23.7 Å². The van der Waals surface area contributed by atoms with Crippen LogP contribution in [0.1, 0.15) is 5.56 Å². The molecule has 0 radical (unpaired) electrons. The largest absolute Gasteiger partial charge is 0.482 e. The van der Waals surface area contributed by atoms with E-state index in [1.165, 1.54) is 18.2 Å². The van der Waals surface area contributed by atoms with Crippen LogP contribution in [0.15, 0.2) is 36.4 Å². The second-order valence-electron chi connectivity index (χ2n) is 5.56. The number of ether oxygens (including phenoxy) is 2. The molecule has 0 saturated carbocycles. The molecule has 134 valence electrons. The first-order chi connectivity index (χ1) is 12.3. The number of anilines is 1. The highest BCUT2D eigenvalue weighted by molar-refractivity contribution is 6.30. The van der Waals surface area contributed by atoms with Gasteiger partial charge in [-0.1, -0.05) is 11.6 Å². The van der Waals surface area contributed by atoms with Crippen LogP contribution in [0, 0.1) is 17.0 Å². The van der Waals surface area contributed by atoms with Crippen LogP contribution >= 0.6 is 11.6 Å². The molecule has 0 bridgehead atoms. The SMILES string of the molecule is Cc1cc(Cl)ccc1OC(=O)CN1C(=O)COc2ccc([N+](=O)[O-])cc21. The molecule has 0 atom stereocenters. The molecule has 2 aromatic rings. The number of halogens is 1. The maximum atomic E-state index is 12.3. The first kappa shape index (κ1) is 17.7. The summed E-state index contributed by atoms with van der Waals surface area (Å²) < 4.78 is 10.5. The first-order valence-electron chi connectivity index (χ1n) is 7.53. The third-order valence-corrected chi connectivity index (χ3v) is 3.98. The number of fused-ring (bicyclic) bond motifs is 1. The highest BCUT2D eigenvalue weighted by Crippen LogP contribution is 2.35. The number of nitrogens with zero attached hydrogens (tertiary/aromatic N) is 2. The predicted octanol–water partition coefficient (Wildman–Crippen LogP) is 2.89. The Kier molecular flexibility index (Phi) is 4.77. The van der Waals surface area contributed by atoms with Gasteiger partial charge in [0.1, 0.15) is 18.0 Å². The summed E-state index contributed by atoms with van der Waals surface area (Å²) in [5.74, 6) is -0.587. The van der Waals surface area contributed by atoms with Crippen molar-refractivity contribution >= 4 is 34.9 Å². The zero-order valence-electron chi connectivity index (χ0n) is 13.6. The normalized spacial score (nSPS) is 13.0. The van der Waals surface area contributed by atoms with Crippen molar-refractivity contribution in [1.29, 1.82) is 0 Å². The van der Waals surface area contributed by atoms with Gasteiger partial charge in [0, 0.05) is 17.2 Å². The lowest BCUT2D eigenvalue weighted by atomic mass is 10.2. The van der Waals surface area contributed by atoms with Crippen LogP contribution < -0.4 is 14.4 Å². The average molecular weight is 377 g/mol. The maximum absolute atomic E-state index is 12.3. The van der Waals surface area contributed by atoms with E-state index in [4.69, 9.17) is 21.1 Å². The van der Waals surface area contributed by atoms with Crippen LogP contribution in [-0.2, 0) is 9.59 Å². The fourth-order valence-corrected chi connectivity index (χ4v) is 2.72. The Labute approximate surface area is 153 Å². The fourth-order valence-electron chi connectivity index (χ4n) is 2.49. The molecule has 1 aliphatic rings. The van der Waals surface area contributed by atoms with Gasteiger partial charge in [0.15, 0.2) is 6.61 Å². The van der Waals surface area contributed by atoms with Crippen molar-refractivity contribution in [2.75, 3.05) is 18.1 Å². The quantitative estimate of drug-likeness (QED) is 0.352. The van der Waals surface area contributed by atoms with Gasteiger partial charge in [0.25, 0.3) is 11.6 Å². The number of benzene rings is 2. The van der Waals surface area contributed by atoms with Gasteiger partial charge in [-0.2, -0.15) is 0 Å². The molecule has 0 saturated heterocycles. The van der Waals surface area contributed by atoms with E-state index in [9.17, 15) is 19.7 Å². The first-order valence-corrected chi connectivity index (χ1v) is 7.91. The third-order valence-electron chi connectivity index (χ3n) is 3.74. The Hall–Kier alpha value is -3.13. The summed E-state index contributed by atoms with van der Waals surface area (Å²) in [7, 11) is 0. The van der Waals surface area contributed by atoms with Crippen molar-refractivity contribution < 1.29 is 24.0 Å². The molecule has 9 heteroatoms. The zero-order valence-corrected chi connectivity index (χ0v) is 14.4. The molecule has 1 aliphatic heterocycles. The molecule has 8 nitrogen and oxygen atoms in total. The van der Waals surface area contributed by atoms with E-state index in [0.717, 1.165) is 4.90 Å². The van der Waals surface area contributed by atoms with Gasteiger partial charge in [-0.3, -0.25) is 19.8 Å². The molecular formula is C17H13ClN2O6. The van der Waals surface area contributed by atoms with Crippen LogP contribution in [0.25, 0.3) is 0 Å². The number of hydrogen-bond acceptors (Lipinski definition) is 6. The molecule has 0 aliphatic carbocycles. The predicted molar refractivity (Wildman–Crippen MR) is 92.8 cm³/mol. The van der Waals surface area contributed by atoms with Gasteiger partial charge in [0.05, 0.1) is 10.6 Å². The van der Waals surface area contributed by atoms with Crippen molar-refractivity contribution in [2.24, 2.45) is 0 Å². The number of non-ortho nitro benzene ring substituents is 1. The Bertz CT molecular complexity index is 914. The van der Waals surface area contributed by atoms with Crippen molar-refractivity contribution in [3.63, 3.8) is 0 Å². The number of carbonyl (C=O) groups excluding carboxylic acids is 2. The van der Waals surface area contributed by atoms with Crippen LogP contribution in [0.2, 0.25) is 5.02 Å². The molecule has 1 heterocycles. The topological polar surface area (TPSA) is 99.0 Å². The van der Waals surface area contributed by atoms with Crippen LogP contribution in [0.5, 0.6) is 11.5 Å². The summed E-state index contributed by atoms with van der Waals surface area (Å²) in [6.45, 7) is 1.06. The molecule has 0 spiro atoms. The fraction of sp³-hybridized carbons (Fsp3) is 0.176. The zero-order chi connectivity index (χ0) is 18.8. The van der Waals surface area contributed by atoms with Crippen molar-refractivity contribution in [1.82, 2.24) is 0 Å². The van der Waals surface area contributed by atoms with Gasteiger partial charge in [-0.15, -0.1) is 0 Å². The van der Waals surface area contributed by atoms with Crippen molar-refractivity contribution in [3.8, 4) is 11.5 Å². The summed E-state index contributed by atoms with van der Waals surface area (Å²) in [5, 5.41) is 11.5. The Morgan fingerprint density at radius 1 is 1.35 bits per heavy atom. The van der Waals surface area contributed by atoms with Crippen LogP contribution in [0.4, 0.5) is 11.4 Å². The Morgan fingerprint density at radius 3 is 2.81 bits per heavy atom. The van der Waals surface area contributed by atoms with E-state index in [0.29, 0.717) is 16.3 Å². The highest BCUT2D eigenvalue weighted by Gasteiger charge is 2.29. The van der Waals surface area contributed by atoms with Crippen molar-refractivity contribution in [2.45, 2.75) is 6.92 Å². The number of rotatable bonds is 4. The molecule has 3 rings (SSSR count). The van der Waals surface area contributed by atoms with Crippen LogP contribution in [0.3, 0.4) is 0 Å². The van der Waals surface area contributed by atoms with Crippen molar-refractivity contribution in [3.05, 3.63) is 57.1 Å². The molecule has 0 aromatic heterocycles. The number of nitro benzene ring substituents is 1. The number of hydrogen-bond donors (Lipinski definition) is 0.